The normalized spacial score (nSPS) is 11.7. The van der Waals surface area contributed by atoms with Crippen molar-refractivity contribution in [2.24, 2.45) is 7.05 Å². The summed E-state index contributed by atoms with van der Waals surface area (Å²) >= 11 is 1.28. The molecule has 10 heteroatoms. The van der Waals surface area contributed by atoms with Gasteiger partial charge in [0.2, 0.25) is 6.41 Å². The number of hydrogen-bond donors (Lipinski definition) is 0. The van der Waals surface area contributed by atoms with Crippen LogP contribution in [0.3, 0.4) is 0 Å². The highest BCUT2D eigenvalue weighted by Crippen LogP contribution is 2.36. The predicted molar refractivity (Wildman–Crippen MR) is 93.4 cm³/mol. The number of rotatable bonds is 4. The molecule has 27 heavy (non-hydrogen) atoms. The van der Waals surface area contributed by atoms with E-state index in [1.165, 1.54) is 35.4 Å². The number of thiazole rings is 1. The Morgan fingerprint density at radius 3 is 2.41 bits per heavy atom. The van der Waals surface area contributed by atoms with E-state index < -0.39 is 17.7 Å². The molecule has 0 spiro atoms. The first-order valence-electron chi connectivity index (χ1n) is 7.71. The second kappa shape index (κ2) is 6.76. The summed E-state index contributed by atoms with van der Waals surface area (Å²) in [6.07, 6.45) is -4.08. The summed E-state index contributed by atoms with van der Waals surface area (Å²) in [5, 5.41) is 4.69. The molecule has 3 aromatic rings. The first-order chi connectivity index (χ1) is 12.6. The maximum absolute atomic E-state index is 14.7. The first kappa shape index (κ1) is 19.0. The zero-order valence-corrected chi connectivity index (χ0v) is 15.3. The fourth-order valence-corrected chi connectivity index (χ4v) is 3.59. The van der Waals surface area contributed by atoms with Crippen LogP contribution in [0.15, 0.2) is 24.3 Å². The van der Waals surface area contributed by atoms with Crippen LogP contribution >= 0.6 is 11.3 Å². The number of aromatic nitrogens is 3. The van der Waals surface area contributed by atoms with Crippen LogP contribution in [0.25, 0.3) is 11.3 Å². The summed E-state index contributed by atoms with van der Waals surface area (Å²) in [4.78, 5) is 17.0. The van der Waals surface area contributed by atoms with Gasteiger partial charge in [-0.1, -0.05) is 0 Å². The number of nitrogens with zero attached hydrogens (tertiary/aromatic N) is 4. The molecule has 2 heterocycles. The van der Waals surface area contributed by atoms with E-state index in [-0.39, 0.29) is 16.9 Å². The lowest BCUT2D eigenvalue weighted by Crippen LogP contribution is -2.14. The van der Waals surface area contributed by atoms with Crippen molar-refractivity contribution in [1.29, 1.82) is 0 Å². The van der Waals surface area contributed by atoms with Crippen LogP contribution in [0.2, 0.25) is 0 Å². The molecule has 142 valence electrons. The molecule has 0 saturated heterocycles. The number of anilines is 2. The minimum Gasteiger partial charge on any atom is -0.278 e. The van der Waals surface area contributed by atoms with Crippen molar-refractivity contribution in [3.05, 3.63) is 46.5 Å². The Labute approximate surface area is 155 Å². The Morgan fingerprint density at radius 1 is 1.22 bits per heavy atom. The molecule has 0 aliphatic rings. The van der Waals surface area contributed by atoms with E-state index in [0.717, 1.165) is 21.8 Å². The van der Waals surface area contributed by atoms with Gasteiger partial charge in [-0.05, 0) is 38.1 Å². The van der Waals surface area contributed by atoms with Gasteiger partial charge in [0, 0.05) is 12.6 Å². The summed E-state index contributed by atoms with van der Waals surface area (Å²) in [5.41, 5.74) is -0.304. The summed E-state index contributed by atoms with van der Waals surface area (Å²) in [6.45, 7) is 3.52. The Balaban J connectivity index is 2.02. The van der Waals surface area contributed by atoms with Gasteiger partial charge in [0.1, 0.15) is 10.8 Å². The Hall–Kier alpha value is -2.75. The van der Waals surface area contributed by atoms with Gasteiger partial charge < -0.3 is 0 Å². The second-order valence-electron chi connectivity index (χ2n) is 5.80. The molecule has 0 N–H and O–H groups in total. The molecule has 0 saturated carbocycles. The zero-order valence-electron chi connectivity index (χ0n) is 14.5. The molecule has 0 aliphatic heterocycles. The van der Waals surface area contributed by atoms with Gasteiger partial charge in [0.15, 0.2) is 5.69 Å². The molecule has 0 aliphatic carbocycles. The maximum atomic E-state index is 14.7. The third-order valence-electron chi connectivity index (χ3n) is 3.88. The van der Waals surface area contributed by atoms with Crippen molar-refractivity contribution in [2.75, 3.05) is 4.90 Å². The molecule has 0 bridgehead atoms. The number of carbonyl (C=O) groups is 1. The molecule has 5 nitrogen and oxygen atoms in total. The Kier molecular flexibility index (Phi) is 4.77. The summed E-state index contributed by atoms with van der Waals surface area (Å²) in [7, 11) is 1.30. The number of benzene rings is 1. The molecule has 0 atom stereocenters. The van der Waals surface area contributed by atoms with E-state index in [9.17, 15) is 22.4 Å². The van der Waals surface area contributed by atoms with E-state index in [2.05, 4.69) is 10.1 Å². The molecule has 0 fully saturated rings. The third-order valence-corrected chi connectivity index (χ3v) is 4.95. The van der Waals surface area contributed by atoms with Gasteiger partial charge in [0.25, 0.3) is 0 Å². The van der Waals surface area contributed by atoms with Crippen molar-refractivity contribution >= 4 is 28.4 Å². The van der Waals surface area contributed by atoms with Crippen LogP contribution in [0, 0.1) is 19.7 Å². The standard InChI is InChI=1S/C17H14F4N4OS/c1-9-16(27-10(2)22-9)25(8-26)11-4-5-12(13(18)6-11)14-7-15(17(19,20)21)23-24(14)3/h4-8H,1-3H3. The maximum Gasteiger partial charge on any atom is 0.435 e. The van der Waals surface area contributed by atoms with Crippen molar-refractivity contribution in [3.8, 4) is 11.3 Å². The highest BCUT2D eigenvalue weighted by molar-refractivity contribution is 7.16. The summed E-state index contributed by atoms with van der Waals surface area (Å²) in [6, 6.07) is 4.66. The van der Waals surface area contributed by atoms with E-state index >= 15 is 0 Å². The fraction of sp³-hybridized carbons (Fsp3) is 0.235. The molecule has 1 aromatic carbocycles. The van der Waals surface area contributed by atoms with Crippen LogP contribution in [-0.4, -0.2) is 21.2 Å². The largest absolute Gasteiger partial charge is 0.435 e. The van der Waals surface area contributed by atoms with Gasteiger partial charge in [0.05, 0.1) is 22.1 Å². The van der Waals surface area contributed by atoms with Crippen molar-refractivity contribution in [3.63, 3.8) is 0 Å². The number of hydrogen-bond acceptors (Lipinski definition) is 4. The van der Waals surface area contributed by atoms with Crippen LogP contribution in [0.5, 0.6) is 0 Å². The third kappa shape index (κ3) is 3.57. The molecule has 0 radical (unpaired) electrons. The van der Waals surface area contributed by atoms with Crippen molar-refractivity contribution in [1.82, 2.24) is 14.8 Å². The highest BCUT2D eigenvalue weighted by Gasteiger charge is 2.35. The second-order valence-corrected chi connectivity index (χ2v) is 6.98. The SMILES string of the molecule is Cc1nc(C)c(N(C=O)c2ccc(-c3cc(C(F)(F)F)nn3C)c(F)c2)s1. The van der Waals surface area contributed by atoms with Gasteiger partial charge >= 0.3 is 6.18 Å². The first-order valence-corrected chi connectivity index (χ1v) is 8.53. The molecular weight excluding hydrogens is 384 g/mol. The summed E-state index contributed by atoms with van der Waals surface area (Å²) in [5.74, 6) is -0.769. The van der Waals surface area contributed by atoms with Gasteiger partial charge in [-0.15, -0.1) is 11.3 Å². The molecule has 2 aromatic heterocycles. The van der Waals surface area contributed by atoms with E-state index in [0.29, 0.717) is 17.1 Å². The van der Waals surface area contributed by atoms with E-state index in [1.807, 2.05) is 0 Å². The van der Waals surface area contributed by atoms with E-state index in [1.54, 1.807) is 13.8 Å². The lowest BCUT2D eigenvalue weighted by atomic mass is 10.1. The molecule has 1 amide bonds. The number of halogens is 4. The average Bonchev–Trinajstić information content (AvgIpc) is 3.11. The fourth-order valence-electron chi connectivity index (χ4n) is 2.69. The predicted octanol–water partition coefficient (Wildman–Crippen LogP) is 4.61. The highest BCUT2D eigenvalue weighted by atomic mass is 32.1. The topological polar surface area (TPSA) is 51.0 Å². The monoisotopic (exact) mass is 398 g/mol. The van der Waals surface area contributed by atoms with Crippen LogP contribution in [-0.2, 0) is 18.0 Å². The number of amides is 1. The minimum atomic E-state index is -4.62. The van der Waals surface area contributed by atoms with Crippen LogP contribution in [0.4, 0.5) is 28.3 Å². The molecular formula is C17H14F4N4OS. The molecule has 0 unspecified atom stereocenters. The van der Waals surface area contributed by atoms with Crippen molar-refractivity contribution in [2.45, 2.75) is 20.0 Å². The van der Waals surface area contributed by atoms with E-state index in [4.69, 9.17) is 0 Å². The lowest BCUT2D eigenvalue weighted by Gasteiger charge is -2.17. The van der Waals surface area contributed by atoms with Gasteiger partial charge in [-0.3, -0.25) is 14.4 Å². The van der Waals surface area contributed by atoms with Crippen molar-refractivity contribution < 1.29 is 22.4 Å². The average molecular weight is 398 g/mol. The van der Waals surface area contributed by atoms with Crippen LogP contribution in [0.1, 0.15) is 16.4 Å². The molecule has 3 rings (SSSR count). The smallest absolute Gasteiger partial charge is 0.278 e. The quantitative estimate of drug-likeness (QED) is 0.476. The van der Waals surface area contributed by atoms with Gasteiger partial charge in [-0.2, -0.15) is 18.3 Å². The summed E-state index contributed by atoms with van der Waals surface area (Å²) < 4.78 is 54.1. The Morgan fingerprint density at radius 2 is 1.93 bits per heavy atom. The van der Waals surface area contributed by atoms with Gasteiger partial charge in [-0.25, -0.2) is 9.37 Å². The number of carbonyl (C=O) groups excluding carboxylic acids is 1. The number of aryl methyl sites for hydroxylation is 3. The lowest BCUT2D eigenvalue weighted by molar-refractivity contribution is -0.141. The zero-order chi connectivity index (χ0) is 19.9. The number of alkyl halides is 3. The Bertz CT molecular complexity index is 1010. The van der Waals surface area contributed by atoms with Crippen LogP contribution < -0.4 is 4.90 Å². The minimum absolute atomic E-state index is 0.0196.